The number of aromatic nitrogens is 2. The summed E-state index contributed by atoms with van der Waals surface area (Å²) >= 11 is 5.93. The second-order valence-electron chi connectivity index (χ2n) is 9.52. The Kier molecular flexibility index (Phi) is 6.53. The molecule has 0 unspecified atom stereocenters. The molecule has 2 fully saturated rings. The lowest BCUT2D eigenvalue weighted by Crippen LogP contribution is -2.30. The first kappa shape index (κ1) is 23.6. The van der Waals surface area contributed by atoms with Gasteiger partial charge in [-0.2, -0.15) is 0 Å². The molecule has 0 radical (unpaired) electrons. The Morgan fingerprint density at radius 2 is 1.73 bits per heavy atom. The van der Waals surface area contributed by atoms with Gasteiger partial charge in [0, 0.05) is 35.5 Å². The monoisotopic (exact) mass is 510 g/mol. The molecule has 6 rings (SSSR count). The Balaban J connectivity index is 1.40. The zero-order chi connectivity index (χ0) is 25.2. The van der Waals surface area contributed by atoms with Gasteiger partial charge in [0.05, 0.1) is 24.9 Å². The maximum Gasteiger partial charge on any atom is 0.174 e. The van der Waals surface area contributed by atoms with Crippen LogP contribution in [0.5, 0.6) is 11.5 Å². The van der Waals surface area contributed by atoms with Gasteiger partial charge in [-0.25, -0.2) is 0 Å². The summed E-state index contributed by atoms with van der Waals surface area (Å²) in [6.45, 7) is 0. The molecular formula is C30H30N4O2S. The van der Waals surface area contributed by atoms with Crippen molar-refractivity contribution in [1.82, 2.24) is 14.9 Å². The summed E-state index contributed by atoms with van der Waals surface area (Å²) in [4.78, 5) is 6.88. The van der Waals surface area contributed by atoms with Gasteiger partial charge in [0.2, 0.25) is 0 Å². The average Bonchev–Trinajstić information content (AvgIpc) is 3.70. The lowest BCUT2D eigenvalue weighted by molar-refractivity contribution is 0.210. The number of hydrogen-bond donors (Lipinski definition) is 1. The van der Waals surface area contributed by atoms with Crippen LogP contribution in [0.4, 0.5) is 5.69 Å². The molecule has 1 saturated carbocycles. The molecule has 0 bridgehead atoms. The van der Waals surface area contributed by atoms with E-state index in [2.05, 4.69) is 68.4 Å². The molecule has 2 aliphatic rings. The first-order valence-corrected chi connectivity index (χ1v) is 13.2. The maximum absolute atomic E-state index is 6.22. The van der Waals surface area contributed by atoms with Gasteiger partial charge in [-0.05, 0) is 98.6 Å². The lowest BCUT2D eigenvalue weighted by atomic mass is 10.0. The number of hydrogen-bond acceptors (Lipinski definition) is 4. The summed E-state index contributed by atoms with van der Waals surface area (Å²) in [7, 11) is 1.69. The summed E-state index contributed by atoms with van der Waals surface area (Å²) < 4.78 is 13.9. The highest BCUT2D eigenvalue weighted by Gasteiger charge is 2.42. The first-order chi connectivity index (χ1) is 18.2. The van der Waals surface area contributed by atoms with Crippen molar-refractivity contribution >= 4 is 23.0 Å². The normalized spacial score (nSPS) is 19.7. The molecule has 1 N–H and O–H groups in total. The Morgan fingerprint density at radius 1 is 0.892 bits per heavy atom. The van der Waals surface area contributed by atoms with E-state index in [-0.39, 0.29) is 12.1 Å². The SMILES string of the molecule is COc1cccc(-n2cccc2[C@@H]2[C@H](c3ccccn3)NC(=S)N2c2ccc(OC3CCCC3)cc2)c1. The minimum Gasteiger partial charge on any atom is -0.497 e. The predicted molar refractivity (Wildman–Crippen MR) is 150 cm³/mol. The molecule has 4 aromatic rings. The van der Waals surface area contributed by atoms with Gasteiger partial charge in [-0.1, -0.05) is 12.1 Å². The topological polar surface area (TPSA) is 51.5 Å². The molecule has 0 spiro atoms. The average molecular weight is 511 g/mol. The second kappa shape index (κ2) is 10.3. The molecule has 1 saturated heterocycles. The fourth-order valence-electron chi connectivity index (χ4n) is 5.45. The Morgan fingerprint density at radius 3 is 2.49 bits per heavy atom. The van der Waals surface area contributed by atoms with E-state index in [1.54, 1.807) is 7.11 Å². The number of ether oxygens (including phenoxy) is 2. The van der Waals surface area contributed by atoms with Crippen LogP contribution in [-0.4, -0.2) is 27.9 Å². The zero-order valence-corrected chi connectivity index (χ0v) is 21.6. The molecule has 1 aliphatic carbocycles. The van der Waals surface area contributed by atoms with Gasteiger partial charge in [0.15, 0.2) is 5.11 Å². The summed E-state index contributed by atoms with van der Waals surface area (Å²) in [5, 5.41) is 4.23. The third-order valence-corrected chi connectivity index (χ3v) is 7.55. The van der Waals surface area contributed by atoms with E-state index in [1.807, 2.05) is 42.6 Å². The predicted octanol–water partition coefficient (Wildman–Crippen LogP) is 6.38. The van der Waals surface area contributed by atoms with Crippen molar-refractivity contribution < 1.29 is 9.47 Å². The molecule has 2 atom stereocenters. The smallest absolute Gasteiger partial charge is 0.174 e. The third kappa shape index (κ3) is 4.67. The molecule has 7 heteroatoms. The summed E-state index contributed by atoms with van der Waals surface area (Å²) in [6.07, 6.45) is 9.01. The Labute approximate surface area is 222 Å². The van der Waals surface area contributed by atoms with E-state index in [4.69, 9.17) is 21.7 Å². The molecule has 2 aromatic heterocycles. The van der Waals surface area contributed by atoms with E-state index >= 15 is 0 Å². The van der Waals surface area contributed by atoms with Crippen LogP contribution in [0.3, 0.4) is 0 Å². The van der Waals surface area contributed by atoms with Crippen LogP contribution in [0.2, 0.25) is 0 Å². The van der Waals surface area contributed by atoms with Crippen LogP contribution in [0, 0.1) is 0 Å². The van der Waals surface area contributed by atoms with E-state index in [0.717, 1.165) is 47.1 Å². The lowest BCUT2D eigenvalue weighted by Gasteiger charge is -2.29. The highest BCUT2D eigenvalue weighted by atomic mass is 32.1. The van der Waals surface area contributed by atoms with E-state index in [0.29, 0.717) is 11.2 Å². The molecule has 3 heterocycles. The van der Waals surface area contributed by atoms with Gasteiger partial charge in [0.25, 0.3) is 0 Å². The van der Waals surface area contributed by atoms with Crippen molar-refractivity contribution in [2.75, 3.05) is 12.0 Å². The van der Waals surface area contributed by atoms with Gasteiger partial charge in [-0.15, -0.1) is 0 Å². The van der Waals surface area contributed by atoms with Crippen LogP contribution in [0.15, 0.2) is 91.3 Å². The highest BCUT2D eigenvalue weighted by molar-refractivity contribution is 7.80. The summed E-state index contributed by atoms with van der Waals surface area (Å²) in [5.74, 6) is 1.72. The van der Waals surface area contributed by atoms with Gasteiger partial charge >= 0.3 is 0 Å². The number of methoxy groups -OCH3 is 1. The molecule has 6 nitrogen and oxygen atoms in total. The Bertz CT molecular complexity index is 1370. The summed E-state index contributed by atoms with van der Waals surface area (Å²) in [6, 6.07) is 26.4. The van der Waals surface area contributed by atoms with Crippen LogP contribution >= 0.6 is 12.2 Å². The number of anilines is 1. The van der Waals surface area contributed by atoms with Crippen molar-refractivity contribution in [3.05, 3.63) is 103 Å². The van der Waals surface area contributed by atoms with Crippen LogP contribution in [-0.2, 0) is 0 Å². The number of rotatable bonds is 7. The third-order valence-electron chi connectivity index (χ3n) is 7.23. The summed E-state index contributed by atoms with van der Waals surface area (Å²) in [5.41, 5.74) is 4.08. The van der Waals surface area contributed by atoms with Crippen LogP contribution in [0.25, 0.3) is 5.69 Å². The van der Waals surface area contributed by atoms with Gasteiger partial charge < -0.3 is 24.3 Å². The number of benzene rings is 2. The standard InChI is InChI=1S/C30H30N4O2S/c1-35-25-11-6-8-22(20-25)33-19-7-13-27(33)29-28(26-12-4-5-18-31-26)32-30(37)34(29)21-14-16-24(17-15-21)36-23-9-2-3-10-23/h4-8,11-20,23,28-29H,2-3,9-10H2,1H3,(H,32,37)/t28-,29+/m0/s1. The Hall–Kier alpha value is -3.84. The van der Waals surface area contributed by atoms with E-state index in [9.17, 15) is 0 Å². The zero-order valence-electron chi connectivity index (χ0n) is 20.8. The number of thiocarbonyl (C=S) groups is 1. The fraction of sp³-hybridized carbons (Fsp3) is 0.267. The second-order valence-corrected chi connectivity index (χ2v) is 9.91. The number of nitrogens with one attached hydrogen (secondary N) is 1. The van der Waals surface area contributed by atoms with Crippen molar-refractivity contribution in [3.8, 4) is 17.2 Å². The molecule has 0 amide bonds. The van der Waals surface area contributed by atoms with E-state index < -0.39 is 0 Å². The first-order valence-electron chi connectivity index (χ1n) is 12.8. The molecule has 2 aromatic carbocycles. The fourth-order valence-corrected chi connectivity index (χ4v) is 5.79. The number of nitrogens with zero attached hydrogens (tertiary/aromatic N) is 3. The molecule has 37 heavy (non-hydrogen) atoms. The van der Waals surface area contributed by atoms with Crippen LogP contribution < -0.4 is 19.7 Å². The molecular weight excluding hydrogens is 480 g/mol. The van der Waals surface area contributed by atoms with Crippen LogP contribution in [0.1, 0.15) is 49.2 Å². The highest BCUT2D eigenvalue weighted by Crippen LogP contribution is 2.42. The van der Waals surface area contributed by atoms with E-state index in [1.165, 1.54) is 12.8 Å². The maximum atomic E-state index is 6.22. The van der Waals surface area contributed by atoms with Gasteiger partial charge in [0.1, 0.15) is 17.5 Å². The molecule has 1 aliphatic heterocycles. The van der Waals surface area contributed by atoms with Crippen molar-refractivity contribution in [3.63, 3.8) is 0 Å². The van der Waals surface area contributed by atoms with Crippen molar-refractivity contribution in [2.45, 2.75) is 43.9 Å². The van der Waals surface area contributed by atoms with Gasteiger partial charge in [-0.3, -0.25) is 4.98 Å². The quantitative estimate of drug-likeness (QED) is 0.291. The molecule has 188 valence electrons. The minimum absolute atomic E-state index is 0.120. The van der Waals surface area contributed by atoms with Crippen molar-refractivity contribution in [1.29, 1.82) is 0 Å². The van der Waals surface area contributed by atoms with Crippen molar-refractivity contribution in [2.24, 2.45) is 0 Å². The minimum atomic E-state index is -0.123. The number of pyridine rings is 1. The largest absolute Gasteiger partial charge is 0.497 e.